The van der Waals surface area contributed by atoms with E-state index in [1.165, 1.54) is 25.3 Å². The normalized spacial score (nSPS) is 12.4. The molecular weight excluding hydrogens is 260 g/mol. The number of aldehydes is 1. The molecule has 1 atom stereocenters. The van der Waals surface area contributed by atoms with Crippen LogP contribution in [0.5, 0.6) is 5.75 Å². The first-order valence-electron chi connectivity index (χ1n) is 6.20. The summed E-state index contributed by atoms with van der Waals surface area (Å²) in [5, 5.41) is 0. The van der Waals surface area contributed by atoms with Crippen LogP contribution < -0.4 is 4.74 Å². The van der Waals surface area contributed by atoms with Crippen molar-refractivity contribution < 1.29 is 19.1 Å². The van der Waals surface area contributed by atoms with Crippen molar-refractivity contribution in [1.29, 1.82) is 0 Å². The number of nitrogens with zero attached hydrogens (tertiary/aromatic N) is 2. The van der Waals surface area contributed by atoms with E-state index in [1.807, 2.05) is 0 Å². The van der Waals surface area contributed by atoms with E-state index in [0.717, 1.165) is 0 Å². The largest absolute Gasteiger partial charge is 0.495 e. The van der Waals surface area contributed by atoms with E-state index in [1.54, 1.807) is 32.9 Å². The number of rotatable bonds is 4. The molecule has 0 aliphatic heterocycles. The van der Waals surface area contributed by atoms with Gasteiger partial charge in [0.05, 0.1) is 7.11 Å². The molecule has 0 spiro atoms. The molecule has 0 saturated carbocycles. The second-order valence-electron chi connectivity index (χ2n) is 5.26. The summed E-state index contributed by atoms with van der Waals surface area (Å²) in [7, 11) is 2.97. The number of aromatic nitrogens is 1. The third kappa shape index (κ3) is 3.94. The van der Waals surface area contributed by atoms with Crippen LogP contribution in [0.25, 0.3) is 0 Å². The average Bonchev–Trinajstić information content (AvgIpc) is 2.38. The number of ether oxygens (including phenoxy) is 2. The predicted octanol–water partition coefficient (Wildman–Crippen LogP) is 2.20. The minimum absolute atomic E-state index is 0.373. The Morgan fingerprint density at radius 3 is 2.60 bits per heavy atom. The molecule has 0 bridgehead atoms. The van der Waals surface area contributed by atoms with Crippen LogP contribution in [0.4, 0.5) is 4.79 Å². The Morgan fingerprint density at radius 1 is 1.45 bits per heavy atom. The molecule has 0 aliphatic rings. The molecule has 0 N–H and O–H groups in total. The lowest BCUT2D eigenvalue weighted by atomic mass is 10.1. The van der Waals surface area contributed by atoms with Gasteiger partial charge in [0.2, 0.25) is 0 Å². The van der Waals surface area contributed by atoms with Crippen LogP contribution in [-0.2, 0) is 9.53 Å². The molecule has 1 aromatic heterocycles. The highest BCUT2D eigenvalue weighted by molar-refractivity contribution is 5.74. The van der Waals surface area contributed by atoms with Crippen LogP contribution in [0, 0.1) is 0 Å². The maximum Gasteiger partial charge on any atom is 0.410 e. The highest BCUT2D eigenvalue weighted by Crippen LogP contribution is 2.26. The molecule has 0 radical (unpaired) electrons. The molecule has 1 amide bonds. The number of hydrogen-bond donors (Lipinski definition) is 0. The van der Waals surface area contributed by atoms with E-state index in [9.17, 15) is 9.59 Å². The summed E-state index contributed by atoms with van der Waals surface area (Å²) in [4.78, 5) is 28.7. The fourth-order valence-electron chi connectivity index (χ4n) is 1.58. The highest BCUT2D eigenvalue weighted by Gasteiger charge is 2.28. The van der Waals surface area contributed by atoms with Gasteiger partial charge in [0.25, 0.3) is 0 Å². The van der Waals surface area contributed by atoms with Crippen LogP contribution in [0.2, 0.25) is 0 Å². The Bertz CT molecular complexity index is 482. The number of amides is 1. The number of carbonyl (C=O) groups is 2. The van der Waals surface area contributed by atoms with E-state index in [0.29, 0.717) is 17.7 Å². The van der Waals surface area contributed by atoms with Crippen molar-refractivity contribution in [3.8, 4) is 5.75 Å². The van der Waals surface area contributed by atoms with Gasteiger partial charge >= 0.3 is 6.09 Å². The van der Waals surface area contributed by atoms with E-state index in [4.69, 9.17) is 9.47 Å². The van der Waals surface area contributed by atoms with Gasteiger partial charge in [0, 0.05) is 13.2 Å². The Balaban J connectivity index is 3.01. The zero-order valence-electron chi connectivity index (χ0n) is 12.4. The lowest BCUT2D eigenvalue weighted by molar-refractivity contribution is -0.112. The third-order valence-corrected chi connectivity index (χ3v) is 2.53. The smallest absolute Gasteiger partial charge is 0.410 e. The monoisotopic (exact) mass is 280 g/mol. The van der Waals surface area contributed by atoms with Gasteiger partial charge in [0.15, 0.2) is 0 Å². The van der Waals surface area contributed by atoms with Crippen LogP contribution in [-0.4, -0.2) is 42.0 Å². The SMILES string of the molecule is COc1cccnc1C(C=O)N(C)C(=O)OC(C)(C)C. The summed E-state index contributed by atoms with van der Waals surface area (Å²) in [5.74, 6) is 0.444. The van der Waals surface area contributed by atoms with Crippen LogP contribution in [0.15, 0.2) is 18.3 Å². The number of carbonyl (C=O) groups excluding carboxylic acids is 2. The number of pyridine rings is 1. The number of hydrogen-bond acceptors (Lipinski definition) is 5. The standard InChI is InChI=1S/C14H20N2O4/c1-14(2,3)20-13(18)16(4)10(9-17)12-11(19-5)7-6-8-15-12/h6-10H,1-5H3. The lowest BCUT2D eigenvalue weighted by Crippen LogP contribution is -2.37. The molecule has 1 heterocycles. The van der Waals surface area contributed by atoms with Crippen molar-refractivity contribution in [1.82, 2.24) is 9.88 Å². The highest BCUT2D eigenvalue weighted by atomic mass is 16.6. The molecule has 6 nitrogen and oxygen atoms in total. The molecule has 1 unspecified atom stereocenters. The van der Waals surface area contributed by atoms with Crippen molar-refractivity contribution in [3.63, 3.8) is 0 Å². The fourth-order valence-corrected chi connectivity index (χ4v) is 1.58. The molecule has 20 heavy (non-hydrogen) atoms. The molecule has 0 aromatic carbocycles. The van der Waals surface area contributed by atoms with Crippen molar-refractivity contribution in [2.75, 3.05) is 14.2 Å². The first kappa shape index (κ1) is 15.9. The Labute approximate surface area is 118 Å². The van der Waals surface area contributed by atoms with Crippen molar-refractivity contribution >= 4 is 12.4 Å². The summed E-state index contributed by atoms with van der Waals surface area (Å²) in [5.41, 5.74) is -0.258. The van der Waals surface area contributed by atoms with E-state index >= 15 is 0 Å². The van der Waals surface area contributed by atoms with Gasteiger partial charge in [-0.1, -0.05) is 0 Å². The number of methoxy groups -OCH3 is 1. The van der Waals surface area contributed by atoms with Gasteiger partial charge in [0.1, 0.15) is 29.4 Å². The topological polar surface area (TPSA) is 68.7 Å². The second-order valence-corrected chi connectivity index (χ2v) is 5.26. The molecule has 1 aromatic rings. The zero-order chi connectivity index (χ0) is 15.3. The Hall–Kier alpha value is -2.11. The average molecular weight is 280 g/mol. The van der Waals surface area contributed by atoms with Gasteiger partial charge in [-0.25, -0.2) is 4.79 Å². The minimum atomic E-state index is -0.860. The maximum absolute atomic E-state index is 12.0. The summed E-state index contributed by atoms with van der Waals surface area (Å²) >= 11 is 0. The summed E-state index contributed by atoms with van der Waals surface area (Å²) in [6.07, 6.45) is 1.58. The van der Waals surface area contributed by atoms with Crippen molar-refractivity contribution in [2.24, 2.45) is 0 Å². The summed E-state index contributed by atoms with van der Waals surface area (Å²) in [6.45, 7) is 5.28. The van der Waals surface area contributed by atoms with Crippen molar-refractivity contribution in [3.05, 3.63) is 24.0 Å². The minimum Gasteiger partial charge on any atom is -0.495 e. The second kappa shape index (κ2) is 6.36. The predicted molar refractivity (Wildman–Crippen MR) is 73.6 cm³/mol. The molecular formula is C14H20N2O4. The molecule has 0 fully saturated rings. The van der Waals surface area contributed by atoms with Crippen molar-refractivity contribution in [2.45, 2.75) is 32.4 Å². The molecule has 1 rings (SSSR count). The quantitative estimate of drug-likeness (QED) is 0.791. The van der Waals surface area contributed by atoms with Gasteiger partial charge in [-0.3, -0.25) is 9.88 Å². The summed E-state index contributed by atoms with van der Waals surface area (Å²) in [6, 6.07) is 2.51. The fraction of sp³-hybridized carbons (Fsp3) is 0.500. The molecule has 0 saturated heterocycles. The number of likely N-dealkylation sites (N-methyl/N-ethyl adjacent to an activating group) is 1. The third-order valence-electron chi connectivity index (χ3n) is 2.53. The molecule has 6 heteroatoms. The summed E-state index contributed by atoms with van der Waals surface area (Å²) < 4.78 is 10.4. The van der Waals surface area contributed by atoms with Gasteiger partial charge in [-0.05, 0) is 32.9 Å². The zero-order valence-corrected chi connectivity index (χ0v) is 12.4. The van der Waals surface area contributed by atoms with Crippen LogP contribution >= 0.6 is 0 Å². The van der Waals surface area contributed by atoms with E-state index in [2.05, 4.69) is 4.98 Å². The van der Waals surface area contributed by atoms with Gasteiger partial charge in [-0.2, -0.15) is 0 Å². The van der Waals surface area contributed by atoms with Crippen LogP contribution in [0.3, 0.4) is 0 Å². The first-order valence-corrected chi connectivity index (χ1v) is 6.20. The van der Waals surface area contributed by atoms with Gasteiger partial charge in [-0.15, -0.1) is 0 Å². The van der Waals surface area contributed by atoms with Crippen LogP contribution in [0.1, 0.15) is 32.5 Å². The van der Waals surface area contributed by atoms with Gasteiger partial charge < -0.3 is 14.3 Å². The maximum atomic E-state index is 12.0. The molecule has 0 aliphatic carbocycles. The van der Waals surface area contributed by atoms with E-state index < -0.39 is 17.7 Å². The Morgan fingerprint density at radius 2 is 2.10 bits per heavy atom. The lowest BCUT2D eigenvalue weighted by Gasteiger charge is -2.28. The van der Waals surface area contributed by atoms with E-state index in [-0.39, 0.29) is 0 Å². The Kier molecular flexibility index (Phi) is 5.07. The first-order chi connectivity index (χ1) is 9.30. The molecule has 110 valence electrons.